The van der Waals surface area contributed by atoms with Gasteiger partial charge in [-0.15, -0.1) is 0 Å². The van der Waals surface area contributed by atoms with Gasteiger partial charge in [0.1, 0.15) is 11.4 Å². The Balaban J connectivity index is 1.91. The van der Waals surface area contributed by atoms with Gasteiger partial charge < -0.3 is 20.1 Å². The van der Waals surface area contributed by atoms with E-state index in [-0.39, 0.29) is 12.3 Å². The van der Waals surface area contributed by atoms with E-state index in [2.05, 4.69) is 10.3 Å². The lowest BCUT2D eigenvalue weighted by atomic mass is 10.2. The third-order valence-electron chi connectivity index (χ3n) is 3.18. The Bertz CT molecular complexity index is 648. The molecule has 21 heavy (non-hydrogen) atoms. The molecule has 0 aliphatic heterocycles. The van der Waals surface area contributed by atoms with Crippen LogP contribution in [-0.4, -0.2) is 35.6 Å². The molecule has 6 heteroatoms. The lowest BCUT2D eigenvalue weighted by Gasteiger charge is -2.02. The second kappa shape index (κ2) is 6.78. The second-order valence-electron chi connectivity index (χ2n) is 4.74. The summed E-state index contributed by atoms with van der Waals surface area (Å²) in [5, 5.41) is 12.2. The number of aliphatic carboxylic acids is 1. The van der Waals surface area contributed by atoms with E-state index in [1.165, 1.54) is 0 Å². The number of H-pyrrole nitrogens is 1. The summed E-state index contributed by atoms with van der Waals surface area (Å²) >= 11 is 0. The quantitative estimate of drug-likeness (QED) is 0.681. The van der Waals surface area contributed by atoms with Crippen molar-refractivity contribution in [3.05, 3.63) is 30.0 Å². The Morgan fingerprint density at radius 2 is 2.10 bits per heavy atom. The Morgan fingerprint density at radius 1 is 1.29 bits per heavy atom. The zero-order valence-electron chi connectivity index (χ0n) is 11.8. The minimum absolute atomic E-state index is 0.127. The topological polar surface area (TPSA) is 91.4 Å². The first kappa shape index (κ1) is 14.9. The molecule has 2 aromatic rings. The van der Waals surface area contributed by atoms with Gasteiger partial charge in [0.25, 0.3) is 5.91 Å². The average Bonchev–Trinajstić information content (AvgIpc) is 2.89. The van der Waals surface area contributed by atoms with E-state index in [1.54, 1.807) is 13.2 Å². The SMILES string of the molecule is COc1ccc2[nH]c(C(=O)NCCCCC(=O)O)cc2c1. The van der Waals surface area contributed by atoms with Crippen molar-refractivity contribution in [2.45, 2.75) is 19.3 Å². The van der Waals surface area contributed by atoms with Crippen molar-refractivity contribution in [3.8, 4) is 5.75 Å². The maximum atomic E-state index is 12.0. The van der Waals surface area contributed by atoms with Crippen LogP contribution in [-0.2, 0) is 4.79 Å². The van der Waals surface area contributed by atoms with Crippen LogP contribution in [0.5, 0.6) is 5.75 Å². The normalized spacial score (nSPS) is 10.5. The first-order chi connectivity index (χ1) is 10.1. The molecule has 112 valence electrons. The maximum absolute atomic E-state index is 12.0. The van der Waals surface area contributed by atoms with E-state index in [0.29, 0.717) is 25.1 Å². The number of amides is 1. The van der Waals surface area contributed by atoms with Crippen molar-refractivity contribution in [1.29, 1.82) is 0 Å². The van der Waals surface area contributed by atoms with Gasteiger partial charge in [0.2, 0.25) is 0 Å². The Morgan fingerprint density at radius 3 is 2.81 bits per heavy atom. The van der Waals surface area contributed by atoms with Crippen LogP contribution in [0.2, 0.25) is 0 Å². The first-order valence-corrected chi connectivity index (χ1v) is 6.77. The van der Waals surface area contributed by atoms with Gasteiger partial charge in [0, 0.05) is 23.9 Å². The molecule has 6 nitrogen and oxygen atoms in total. The Labute approximate surface area is 122 Å². The minimum Gasteiger partial charge on any atom is -0.497 e. The smallest absolute Gasteiger partial charge is 0.303 e. The van der Waals surface area contributed by atoms with Crippen molar-refractivity contribution in [2.75, 3.05) is 13.7 Å². The molecule has 1 amide bonds. The molecule has 0 aliphatic rings. The predicted octanol–water partition coefficient (Wildman–Crippen LogP) is 2.16. The lowest BCUT2D eigenvalue weighted by Crippen LogP contribution is -2.24. The fraction of sp³-hybridized carbons (Fsp3) is 0.333. The van der Waals surface area contributed by atoms with Crippen molar-refractivity contribution in [1.82, 2.24) is 10.3 Å². The van der Waals surface area contributed by atoms with E-state index in [1.807, 2.05) is 18.2 Å². The van der Waals surface area contributed by atoms with Gasteiger partial charge in [0.05, 0.1) is 7.11 Å². The van der Waals surface area contributed by atoms with Crippen molar-refractivity contribution in [3.63, 3.8) is 0 Å². The monoisotopic (exact) mass is 290 g/mol. The molecule has 0 saturated carbocycles. The van der Waals surface area contributed by atoms with Gasteiger partial charge in [-0.1, -0.05) is 0 Å². The number of unbranched alkanes of at least 4 members (excludes halogenated alkanes) is 1. The molecule has 0 bridgehead atoms. The molecule has 1 aromatic heterocycles. The van der Waals surface area contributed by atoms with Crippen LogP contribution in [0.1, 0.15) is 29.8 Å². The number of carboxylic acid groups (broad SMARTS) is 1. The van der Waals surface area contributed by atoms with Crippen molar-refractivity contribution in [2.24, 2.45) is 0 Å². The molecule has 0 fully saturated rings. The number of methoxy groups -OCH3 is 1. The predicted molar refractivity (Wildman–Crippen MR) is 78.7 cm³/mol. The lowest BCUT2D eigenvalue weighted by molar-refractivity contribution is -0.137. The highest BCUT2D eigenvalue weighted by atomic mass is 16.5. The molecule has 1 aromatic carbocycles. The summed E-state index contributed by atoms with van der Waals surface area (Å²) in [6.45, 7) is 0.463. The van der Waals surface area contributed by atoms with Crippen LogP contribution >= 0.6 is 0 Å². The highest BCUT2D eigenvalue weighted by molar-refractivity contribution is 5.98. The Hall–Kier alpha value is -2.50. The third-order valence-corrected chi connectivity index (χ3v) is 3.18. The summed E-state index contributed by atoms with van der Waals surface area (Å²) in [5.74, 6) is -0.270. The number of carbonyl (C=O) groups excluding carboxylic acids is 1. The van der Waals surface area contributed by atoms with Gasteiger partial charge in [-0.05, 0) is 37.1 Å². The summed E-state index contributed by atoms with van der Waals surface area (Å²) in [6.07, 6.45) is 1.33. The molecule has 0 saturated heterocycles. The van der Waals surface area contributed by atoms with Gasteiger partial charge >= 0.3 is 5.97 Å². The number of rotatable bonds is 7. The van der Waals surface area contributed by atoms with Crippen molar-refractivity contribution >= 4 is 22.8 Å². The molecule has 0 spiro atoms. The number of carboxylic acids is 1. The van der Waals surface area contributed by atoms with Gasteiger partial charge in [-0.2, -0.15) is 0 Å². The molecule has 1 heterocycles. The average molecular weight is 290 g/mol. The summed E-state index contributed by atoms with van der Waals surface area (Å²) in [6, 6.07) is 7.31. The molecule has 0 unspecified atom stereocenters. The van der Waals surface area contributed by atoms with Crippen LogP contribution in [0.25, 0.3) is 10.9 Å². The maximum Gasteiger partial charge on any atom is 0.303 e. The van der Waals surface area contributed by atoms with E-state index in [9.17, 15) is 9.59 Å². The molecular formula is C15H18N2O4. The largest absolute Gasteiger partial charge is 0.497 e. The molecule has 0 radical (unpaired) electrons. The zero-order chi connectivity index (χ0) is 15.2. The third kappa shape index (κ3) is 3.98. The molecule has 2 rings (SSSR count). The van der Waals surface area contributed by atoms with Crippen molar-refractivity contribution < 1.29 is 19.4 Å². The van der Waals surface area contributed by atoms with Crippen LogP contribution in [0.4, 0.5) is 0 Å². The van der Waals surface area contributed by atoms with Crippen LogP contribution < -0.4 is 10.1 Å². The fourth-order valence-electron chi connectivity index (χ4n) is 2.06. The minimum atomic E-state index is -0.814. The van der Waals surface area contributed by atoms with E-state index >= 15 is 0 Å². The number of aromatic amines is 1. The molecular weight excluding hydrogens is 272 g/mol. The highest BCUT2D eigenvalue weighted by Crippen LogP contribution is 2.21. The van der Waals surface area contributed by atoms with Crippen LogP contribution in [0, 0.1) is 0 Å². The molecule has 0 atom stereocenters. The number of nitrogens with one attached hydrogen (secondary N) is 2. The molecule has 0 aliphatic carbocycles. The van der Waals surface area contributed by atoms with E-state index in [0.717, 1.165) is 16.7 Å². The number of aromatic nitrogens is 1. The van der Waals surface area contributed by atoms with Gasteiger partial charge in [0.15, 0.2) is 0 Å². The number of ether oxygens (including phenoxy) is 1. The number of carbonyl (C=O) groups is 2. The summed E-state index contributed by atoms with van der Waals surface area (Å²) < 4.78 is 5.14. The van der Waals surface area contributed by atoms with Gasteiger partial charge in [-0.3, -0.25) is 9.59 Å². The summed E-state index contributed by atoms with van der Waals surface area (Å²) in [4.78, 5) is 25.4. The van der Waals surface area contributed by atoms with E-state index < -0.39 is 5.97 Å². The summed E-state index contributed by atoms with van der Waals surface area (Å²) in [5.41, 5.74) is 1.35. The number of hydrogen-bond acceptors (Lipinski definition) is 3. The second-order valence-corrected chi connectivity index (χ2v) is 4.74. The number of fused-ring (bicyclic) bond motifs is 1. The van der Waals surface area contributed by atoms with Crippen LogP contribution in [0.15, 0.2) is 24.3 Å². The first-order valence-electron chi connectivity index (χ1n) is 6.77. The summed E-state index contributed by atoms with van der Waals surface area (Å²) in [7, 11) is 1.60. The van der Waals surface area contributed by atoms with Gasteiger partial charge in [-0.25, -0.2) is 0 Å². The Kier molecular flexibility index (Phi) is 4.81. The number of benzene rings is 1. The standard InChI is InChI=1S/C15H18N2O4/c1-21-11-5-6-12-10(8-11)9-13(17-12)15(20)16-7-3-2-4-14(18)19/h5-6,8-9,17H,2-4,7H2,1H3,(H,16,20)(H,18,19). The fourth-order valence-corrected chi connectivity index (χ4v) is 2.06. The number of hydrogen-bond donors (Lipinski definition) is 3. The highest BCUT2D eigenvalue weighted by Gasteiger charge is 2.09. The van der Waals surface area contributed by atoms with E-state index in [4.69, 9.17) is 9.84 Å². The molecule has 3 N–H and O–H groups in total. The van der Waals surface area contributed by atoms with Crippen LogP contribution in [0.3, 0.4) is 0 Å². The zero-order valence-corrected chi connectivity index (χ0v) is 11.8.